The number of pyridine rings is 1. The molecule has 7 heteroatoms. The van der Waals surface area contributed by atoms with E-state index in [0.29, 0.717) is 34.3 Å². The minimum absolute atomic E-state index is 0.255. The Kier molecular flexibility index (Phi) is 3.00. The molecule has 0 saturated carbocycles. The lowest BCUT2D eigenvalue weighted by molar-refractivity contribution is -0.205. The smallest absolute Gasteiger partial charge is 0.451 e. The van der Waals surface area contributed by atoms with Crippen LogP contribution in [0.15, 0.2) is 24.3 Å². The zero-order valence-corrected chi connectivity index (χ0v) is 10.8. The molecule has 1 unspecified atom stereocenters. The summed E-state index contributed by atoms with van der Waals surface area (Å²) < 4.78 is 41.5. The molecule has 1 atom stereocenters. The number of carbonyl (C=O) groups excluding carboxylic acids is 1. The van der Waals surface area contributed by atoms with Gasteiger partial charge in [0.25, 0.3) is 0 Å². The predicted octanol–water partition coefficient (Wildman–Crippen LogP) is 2.91. The number of esters is 1. The second-order valence-electron chi connectivity index (χ2n) is 4.83. The number of benzene rings is 1. The first-order valence-electron chi connectivity index (χ1n) is 6.32. The van der Waals surface area contributed by atoms with Gasteiger partial charge in [0.05, 0.1) is 11.2 Å². The number of para-hydroxylation sites is 1. The van der Waals surface area contributed by atoms with Gasteiger partial charge in [-0.25, -0.2) is 4.79 Å². The zero-order chi connectivity index (χ0) is 15.2. The Morgan fingerprint density at radius 3 is 2.76 bits per heavy atom. The van der Waals surface area contributed by atoms with E-state index in [9.17, 15) is 18.0 Å². The zero-order valence-electron chi connectivity index (χ0n) is 10.8. The number of anilines is 1. The number of carbonyl (C=O) groups is 1. The second-order valence-corrected chi connectivity index (χ2v) is 4.83. The third-order valence-corrected chi connectivity index (χ3v) is 3.50. The number of hydrogen-bond acceptors (Lipinski definition) is 4. The van der Waals surface area contributed by atoms with E-state index in [1.807, 2.05) is 0 Å². The van der Waals surface area contributed by atoms with Gasteiger partial charge in [-0.3, -0.25) is 4.98 Å². The molecule has 0 saturated heterocycles. The number of alkyl halides is 3. The van der Waals surface area contributed by atoms with Crippen LogP contribution >= 0.6 is 0 Å². The van der Waals surface area contributed by atoms with Crippen LogP contribution in [-0.4, -0.2) is 17.1 Å². The van der Waals surface area contributed by atoms with Crippen molar-refractivity contribution in [1.29, 1.82) is 0 Å². The van der Waals surface area contributed by atoms with Crippen molar-refractivity contribution in [3.05, 3.63) is 35.5 Å². The van der Waals surface area contributed by atoms with Crippen molar-refractivity contribution >= 4 is 22.6 Å². The van der Waals surface area contributed by atoms with Crippen LogP contribution in [-0.2, 0) is 16.0 Å². The fraction of sp³-hybridized carbons (Fsp3) is 0.286. The molecule has 2 aromatic rings. The van der Waals surface area contributed by atoms with E-state index in [4.69, 9.17) is 5.73 Å². The number of nitrogen functional groups attached to an aromatic ring is 1. The summed E-state index contributed by atoms with van der Waals surface area (Å²) in [6, 6.07) is 7.08. The van der Waals surface area contributed by atoms with Crippen molar-refractivity contribution in [2.45, 2.75) is 25.1 Å². The van der Waals surface area contributed by atoms with Crippen molar-refractivity contribution in [3.63, 3.8) is 0 Å². The number of ether oxygens (including phenoxy) is 1. The lowest BCUT2D eigenvalue weighted by atomic mass is 10.1. The third-order valence-electron chi connectivity index (χ3n) is 3.50. The maximum Gasteiger partial charge on any atom is 0.490 e. The highest BCUT2D eigenvalue weighted by molar-refractivity contribution is 5.92. The van der Waals surface area contributed by atoms with Gasteiger partial charge in [0.1, 0.15) is 6.10 Å². The van der Waals surface area contributed by atoms with Gasteiger partial charge in [-0.15, -0.1) is 0 Å². The third kappa shape index (κ3) is 2.28. The standard InChI is InChI=1S/C14H11F3N2O2/c15-14(16,17)13(20)21-10-6-5-9-11(10)12(18)7-3-1-2-4-8(7)19-9/h1-4,10H,5-6H2,(H2,18,19). The van der Waals surface area contributed by atoms with Crippen LogP contribution < -0.4 is 5.73 Å². The van der Waals surface area contributed by atoms with E-state index in [2.05, 4.69) is 9.72 Å². The Bertz CT molecular complexity index is 728. The molecule has 3 rings (SSSR count). The molecule has 1 aliphatic carbocycles. The van der Waals surface area contributed by atoms with Crippen LogP contribution in [0.5, 0.6) is 0 Å². The summed E-state index contributed by atoms with van der Waals surface area (Å²) in [5, 5.41) is 0.645. The lowest BCUT2D eigenvalue weighted by Gasteiger charge is -2.17. The molecule has 4 nitrogen and oxygen atoms in total. The Hall–Kier alpha value is -2.31. The van der Waals surface area contributed by atoms with Crippen molar-refractivity contribution in [2.24, 2.45) is 0 Å². The molecule has 0 spiro atoms. The summed E-state index contributed by atoms with van der Waals surface area (Å²) in [6.45, 7) is 0. The van der Waals surface area contributed by atoms with E-state index in [1.54, 1.807) is 24.3 Å². The highest BCUT2D eigenvalue weighted by atomic mass is 19.4. The van der Waals surface area contributed by atoms with E-state index in [0.717, 1.165) is 0 Å². The van der Waals surface area contributed by atoms with Gasteiger partial charge in [0, 0.05) is 16.6 Å². The highest BCUT2D eigenvalue weighted by Crippen LogP contribution is 2.40. The number of aromatic nitrogens is 1. The Morgan fingerprint density at radius 2 is 2.05 bits per heavy atom. The topological polar surface area (TPSA) is 65.2 Å². The molecule has 110 valence electrons. The monoisotopic (exact) mass is 296 g/mol. The van der Waals surface area contributed by atoms with Gasteiger partial charge < -0.3 is 10.5 Å². The van der Waals surface area contributed by atoms with Crippen LogP contribution in [0.2, 0.25) is 0 Å². The molecular weight excluding hydrogens is 285 g/mol. The summed E-state index contributed by atoms with van der Waals surface area (Å²) >= 11 is 0. The number of nitrogens with two attached hydrogens (primary N) is 1. The van der Waals surface area contributed by atoms with Gasteiger partial charge >= 0.3 is 12.1 Å². The van der Waals surface area contributed by atoms with Crippen molar-refractivity contribution in [2.75, 3.05) is 5.73 Å². The average molecular weight is 296 g/mol. The van der Waals surface area contributed by atoms with Crippen molar-refractivity contribution in [1.82, 2.24) is 4.98 Å². The lowest BCUT2D eigenvalue weighted by Crippen LogP contribution is -2.26. The Labute approximate surface area is 117 Å². The highest BCUT2D eigenvalue weighted by Gasteiger charge is 2.44. The van der Waals surface area contributed by atoms with Gasteiger partial charge in [-0.2, -0.15) is 13.2 Å². The number of nitrogens with zero attached hydrogens (tertiary/aromatic N) is 1. The Balaban J connectivity index is 2.02. The predicted molar refractivity (Wildman–Crippen MR) is 69.4 cm³/mol. The summed E-state index contributed by atoms with van der Waals surface area (Å²) in [5.74, 6) is -2.20. The second kappa shape index (κ2) is 4.61. The van der Waals surface area contributed by atoms with E-state index >= 15 is 0 Å². The first-order valence-corrected chi connectivity index (χ1v) is 6.32. The minimum atomic E-state index is -5.01. The summed E-state index contributed by atoms with van der Waals surface area (Å²) in [6.07, 6.45) is -5.32. The molecular formula is C14H11F3N2O2. The number of hydrogen-bond donors (Lipinski definition) is 1. The van der Waals surface area contributed by atoms with E-state index < -0.39 is 18.2 Å². The Morgan fingerprint density at radius 1 is 1.33 bits per heavy atom. The van der Waals surface area contributed by atoms with Gasteiger partial charge in [-0.1, -0.05) is 18.2 Å². The molecule has 1 aliphatic rings. The number of aryl methyl sites for hydroxylation is 1. The molecule has 1 heterocycles. The quantitative estimate of drug-likeness (QED) is 0.822. The molecule has 1 aromatic carbocycles. The normalized spacial score (nSPS) is 17.8. The molecule has 1 aromatic heterocycles. The molecule has 0 bridgehead atoms. The molecule has 0 radical (unpaired) electrons. The number of halogens is 3. The van der Waals surface area contributed by atoms with Crippen LogP contribution in [0.4, 0.5) is 18.9 Å². The van der Waals surface area contributed by atoms with Gasteiger partial charge in [-0.05, 0) is 18.9 Å². The molecule has 0 fully saturated rings. The summed E-state index contributed by atoms with van der Waals surface area (Å²) in [5.41, 5.74) is 8.02. The molecule has 0 aliphatic heterocycles. The fourth-order valence-electron chi connectivity index (χ4n) is 2.58. The maximum absolute atomic E-state index is 12.3. The van der Waals surface area contributed by atoms with Crippen molar-refractivity contribution in [3.8, 4) is 0 Å². The van der Waals surface area contributed by atoms with Gasteiger partial charge in [0.15, 0.2) is 0 Å². The maximum atomic E-state index is 12.3. The van der Waals surface area contributed by atoms with E-state index in [-0.39, 0.29) is 6.42 Å². The van der Waals surface area contributed by atoms with E-state index in [1.165, 1.54) is 0 Å². The summed E-state index contributed by atoms with van der Waals surface area (Å²) in [4.78, 5) is 15.4. The van der Waals surface area contributed by atoms with Crippen molar-refractivity contribution < 1.29 is 22.7 Å². The first kappa shape index (κ1) is 13.7. The van der Waals surface area contributed by atoms with Crippen LogP contribution in [0, 0.1) is 0 Å². The SMILES string of the molecule is Nc1c2c(nc3ccccc13)CCC2OC(=O)C(F)(F)F. The molecule has 2 N–H and O–H groups in total. The number of fused-ring (bicyclic) bond motifs is 2. The average Bonchev–Trinajstić information content (AvgIpc) is 2.81. The molecule has 0 amide bonds. The summed E-state index contributed by atoms with van der Waals surface area (Å²) in [7, 11) is 0. The largest absolute Gasteiger partial charge is 0.490 e. The molecule has 21 heavy (non-hydrogen) atoms. The van der Waals surface area contributed by atoms with Gasteiger partial charge in [0.2, 0.25) is 0 Å². The minimum Gasteiger partial charge on any atom is -0.451 e. The first-order chi connectivity index (χ1) is 9.88. The number of rotatable bonds is 1. The van der Waals surface area contributed by atoms with Crippen LogP contribution in [0.3, 0.4) is 0 Å². The fourth-order valence-corrected chi connectivity index (χ4v) is 2.58. The van der Waals surface area contributed by atoms with Crippen LogP contribution in [0.25, 0.3) is 10.9 Å². The van der Waals surface area contributed by atoms with Crippen LogP contribution in [0.1, 0.15) is 23.8 Å².